The predicted molar refractivity (Wildman–Crippen MR) is 158 cm³/mol. The van der Waals surface area contributed by atoms with Gasteiger partial charge in [0.25, 0.3) is 11.8 Å². The Labute approximate surface area is 255 Å². The van der Waals surface area contributed by atoms with E-state index in [0.717, 1.165) is 5.56 Å². The Morgan fingerprint density at radius 2 is 1.73 bits per heavy atom. The molecule has 0 saturated carbocycles. The van der Waals surface area contributed by atoms with Crippen molar-refractivity contribution < 1.29 is 27.2 Å². The number of carbonyl (C=O) groups is 2. The highest BCUT2D eigenvalue weighted by atomic mass is 19.3. The fraction of sp³-hybridized carbons (Fsp3) is 0.290. The minimum Gasteiger partial charge on any atom is -0.456 e. The highest BCUT2D eigenvalue weighted by Crippen LogP contribution is 2.31. The molecule has 1 fully saturated rings. The maximum atomic E-state index is 14.0. The van der Waals surface area contributed by atoms with Gasteiger partial charge in [0, 0.05) is 49.0 Å². The number of hydrogen-bond donors (Lipinski definition) is 1. The Morgan fingerprint density at radius 1 is 0.978 bits per heavy atom. The number of pyridine rings is 1. The second-order valence-corrected chi connectivity index (χ2v) is 11.1. The van der Waals surface area contributed by atoms with Crippen molar-refractivity contribution in [2.24, 2.45) is 0 Å². The highest BCUT2D eigenvalue weighted by Gasteiger charge is 2.32. The third-order valence-corrected chi connectivity index (χ3v) is 7.52. The van der Waals surface area contributed by atoms with Crippen LogP contribution in [-0.4, -0.2) is 78.7 Å². The van der Waals surface area contributed by atoms with Crippen molar-refractivity contribution in [3.05, 3.63) is 90.0 Å². The molecule has 1 N–H and O–H groups in total. The molecule has 11 nitrogen and oxygen atoms in total. The molecule has 1 atom stereocenters. The molecule has 2 aromatic carbocycles. The lowest BCUT2D eigenvalue weighted by molar-refractivity contribution is -0.125. The van der Waals surface area contributed by atoms with Gasteiger partial charge in [-0.05, 0) is 61.0 Å². The predicted octanol–water partition coefficient (Wildman–Crippen LogP) is 5.11. The van der Waals surface area contributed by atoms with Gasteiger partial charge in [-0.3, -0.25) is 19.5 Å². The molecule has 6 rings (SSSR count). The van der Waals surface area contributed by atoms with Gasteiger partial charge in [0.1, 0.15) is 17.0 Å². The van der Waals surface area contributed by atoms with Crippen LogP contribution in [0.5, 0.6) is 0 Å². The Hall–Kier alpha value is -5.11. The second kappa shape index (κ2) is 12.1. The van der Waals surface area contributed by atoms with Crippen molar-refractivity contribution in [3.8, 4) is 11.3 Å². The summed E-state index contributed by atoms with van der Waals surface area (Å²) in [4.78, 5) is 33.9. The number of anilines is 1. The fourth-order valence-corrected chi connectivity index (χ4v) is 5.18. The van der Waals surface area contributed by atoms with Crippen molar-refractivity contribution in [1.82, 2.24) is 35.0 Å². The number of hydrogen-bond acceptors (Lipinski definition) is 8. The smallest absolute Gasteiger partial charge is 0.350 e. The van der Waals surface area contributed by atoms with E-state index in [1.54, 1.807) is 41.3 Å². The molecule has 45 heavy (non-hydrogen) atoms. The fourth-order valence-electron chi connectivity index (χ4n) is 5.18. The van der Waals surface area contributed by atoms with Crippen LogP contribution in [0.3, 0.4) is 0 Å². The molecule has 5 aromatic rings. The zero-order valence-corrected chi connectivity index (χ0v) is 24.4. The number of aromatic nitrogens is 5. The first kappa shape index (κ1) is 29.9. The van der Waals surface area contributed by atoms with Crippen LogP contribution in [0.2, 0.25) is 0 Å². The van der Waals surface area contributed by atoms with Crippen LogP contribution in [0.4, 0.5) is 18.9 Å². The van der Waals surface area contributed by atoms with Gasteiger partial charge >= 0.3 is 6.55 Å². The van der Waals surface area contributed by atoms with Crippen LogP contribution >= 0.6 is 0 Å². The number of nitrogens with one attached hydrogen (secondary N) is 1. The first-order valence-electron chi connectivity index (χ1n) is 14.2. The number of furan rings is 1. The number of nitrogens with zero attached hydrogens (tertiary/aromatic N) is 7. The largest absolute Gasteiger partial charge is 0.456 e. The first-order valence-corrected chi connectivity index (χ1v) is 14.2. The minimum atomic E-state index is -2.90. The number of tetrazole rings is 1. The summed E-state index contributed by atoms with van der Waals surface area (Å²) in [5.74, 6) is -0.363. The normalized spacial score (nSPS) is 15.0. The number of piperazine rings is 1. The van der Waals surface area contributed by atoms with E-state index in [0.29, 0.717) is 54.2 Å². The second-order valence-electron chi connectivity index (χ2n) is 11.1. The molecule has 0 aliphatic carbocycles. The summed E-state index contributed by atoms with van der Waals surface area (Å²) >= 11 is 0. The lowest BCUT2D eigenvalue weighted by Crippen LogP contribution is -2.50. The highest BCUT2D eigenvalue weighted by molar-refractivity contribution is 5.98. The zero-order chi connectivity index (χ0) is 31.7. The molecule has 232 valence electrons. The third kappa shape index (κ3) is 6.41. The van der Waals surface area contributed by atoms with Crippen LogP contribution in [-0.2, 0) is 4.79 Å². The summed E-state index contributed by atoms with van der Waals surface area (Å²) in [6.07, 6.45) is 1.53. The molecule has 0 spiro atoms. The van der Waals surface area contributed by atoms with Crippen LogP contribution in [0.15, 0.2) is 77.3 Å². The SMILES string of the molecule is CC(C)(F)C(=O)Nc1ccc2oc(-c3ccnc(C(=O)N4CCN(C(c5ccccc5)c5nnn(C(F)F)n5)CC4)c3)cc2c1. The maximum Gasteiger partial charge on any atom is 0.350 e. The average Bonchev–Trinajstić information content (AvgIpc) is 3.69. The average molecular weight is 619 g/mol. The van der Waals surface area contributed by atoms with E-state index in [4.69, 9.17) is 4.42 Å². The number of halogens is 3. The summed E-state index contributed by atoms with van der Waals surface area (Å²) in [6, 6.07) is 18.9. The number of rotatable bonds is 8. The van der Waals surface area contributed by atoms with E-state index in [1.165, 1.54) is 20.0 Å². The molecule has 3 aromatic heterocycles. The molecular formula is C31H29F3N8O3. The zero-order valence-electron chi connectivity index (χ0n) is 24.4. The van der Waals surface area contributed by atoms with E-state index < -0.39 is 24.2 Å². The van der Waals surface area contributed by atoms with Crippen LogP contribution in [0.25, 0.3) is 22.3 Å². The van der Waals surface area contributed by atoms with Gasteiger partial charge in [-0.1, -0.05) is 35.1 Å². The van der Waals surface area contributed by atoms with Crippen molar-refractivity contribution in [2.45, 2.75) is 32.1 Å². The van der Waals surface area contributed by atoms with E-state index in [1.807, 2.05) is 35.2 Å². The Balaban J connectivity index is 1.16. The molecule has 14 heteroatoms. The number of amides is 2. The van der Waals surface area contributed by atoms with Gasteiger partial charge in [0.15, 0.2) is 11.5 Å². The van der Waals surface area contributed by atoms with Crippen LogP contribution in [0.1, 0.15) is 48.3 Å². The maximum absolute atomic E-state index is 14.0. The molecular weight excluding hydrogens is 589 g/mol. The molecule has 2 amide bonds. The van der Waals surface area contributed by atoms with Gasteiger partial charge in [0.05, 0.1) is 6.04 Å². The summed E-state index contributed by atoms with van der Waals surface area (Å²) in [6.45, 7) is 1.08. The molecule has 0 radical (unpaired) electrons. The Morgan fingerprint density at radius 3 is 2.42 bits per heavy atom. The van der Waals surface area contributed by atoms with Crippen molar-refractivity contribution in [1.29, 1.82) is 0 Å². The number of carbonyl (C=O) groups excluding carboxylic acids is 2. The lowest BCUT2D eigenvalue weighted by Gasteiger charge is -2.38. The van der Waals surface area contributed by atoms with Crippen molar-refractivity contribution in [3.63, 3.8) is 0 Å². The number of alkyl halides is 3. The van der Waals surface area contributed by atoms with Crippen molar-refractivity contribution in [2.75, 3.05) is 31.5 Å². The van der Waals surface area contributed by atoms with E-state index in [2.05, 4.69) is 25.7 Å². The van der Waals surface area contributed by atoms with E-state index in [9.17, 15) is 22.8 Å². The Bertz CT molecular complexity index is 1830. The number of benzene rings is 2. The van der Waals surface area contributed by atoms with Gasteiger partial charge < -0.3 is 14.6 Å². The minimum absolute atomic E-state index is 0.155. The molecule has 1 aliphatic heterocycles. The van der Waals surface area contributed by atoms with Gasteiger partial charge in [-0.15, -0.1) is 10.2 Å². The summed E-state index contributed by atoms with van der Waals surface area (Å²) < 4.78 is 46.3. The van der Waals surface area contributed by atoms with Gasteiger partial charge in [-0.2, -0.15) is 8.78 Å². The van der Waals surface area contributed by atoms with Crippen molar-refractivity contribution >= 4 is 28.5 Å². The molecule has 1 aliphatic rings. The van der Waals surface area contributed by atoms with Crippen LogP contribution < -0.4 is 5.32 Å². The summed E-state index contributed by atoms with van der Waals surface area (Å²) in [5, 5.41) is 14.6. The van der Waals surface area contributed by atoms with Crippen LogP contribution in [0, 0.1) is 0 Å². The van der Waals surface area contributed by atoms with Gasteiger partial charge in [-0.25, -0.2) is 4.39 Å². The molecule has 1 saturated heterocycles. The summed E-state index contributed by atoms with van der Waals surface area (Å²) in [7, 11) is 0. The quantitative estimate of drug-likeness (QED) is 0.255. The lowest BCUT2D eigenvalue weighted by atomic mass is 10.0. The summed E-state index contributed by atoms with van der Waals surface area (Å²) in [5.41, 5.74) is 0.657. The monoisotopic (exact) mass is 618 g/mol. The van der Waals surface area contributed by atoms with E-state index >= 15 is 0 Å². The third-order valence-electron chi connectivity index (χ3n) is 7.52. The Kier molecular flexibility index (Phi) is 8.06. The topological polar surface area (TPSA) is 122 Å². The van der Waals surface area contributed by atoms with Gasteiger partial charge in [0.2, 0.25) is 0 Å². The van der Waals surface area contributed by atoms with E-state index in [-0.39, 0.29) is 22.2 Å². The number of fused-ring (bicyclic) bond motifs is 1. The first-order chi connectivity index (χ1) is 21.6. The molecule has 0 bridgehead atoms. The molecule has 1 unspecified atom stereocenters. The standard InChI is InChI=1S/C31H29F3N8O3/c1-31(2,34)29(44)36-22-8-9-24-21(16-22)18-25(45-24)20-10-11-35-23(17-20)28(43)41-14-12-40(13-15-41)26(19-6-4-3-5-7-19)27-37-39-42(38-27)30(32)33/h3-11,16-18,26,30H,12-15H2,1-2H3,(H,36,44). The molecule has 4 heterocycles.